The molecule has 1 aliphatic heterocycles. The molecule has 0 saturated carbocycles. The van der Waals surface area contributed by atoms with Crippen LogP contribution in [0.3, 0.4) is 0 Å². The van der Waals surface area contributed by atoms with Crippen LogP contribution in [0.5, 0.6) is 0 Å². The van der Waals surface area contributed by atoms with E-state index in [4.69, 9.17) is 0 Å². The van der Waals surface area contributed by atoms with Crippen LogP contribution in [-0.2, 0) is 4.79 Å². The van der Waals surface area contributed by atoms with E-state index in [1.54, 1.807) is 0 Å². The van der Waals surface area contributed by atoms with E-state index in [1.807, 2.05) is 0 Å². The van der Waals surface area contributed by atoms with E-state index < -0.39 is 0 Å². The lowest BCUT2D eigenvalue weighted by Gasteiger charge is -2.32. The average molecular weight is 165 g/mol. The van der Waals surface area contributed by atoms with Crippen LogP contribution in [0.2, 0.25) is 0 Å². The van der Waals surface area contributed by atoms with Crippen LogP contribution in [0, 0.1) is 11.8 Å². The Kier molecular flexibility index (Phi) is 2.15. The number of hydrogen-bond acceptors (Lipinski definition) is 2. The lowest BCUT2D eigenvalue weighted by atomic mass is 9.81. The smallest absolute Gasteiger partial charge is 0.123 e. The number of aldehydes is 1. The predicted molar refractivity (Wildman–Crippen MR) is 47.6 cm³/mol. The van der Waals surface area contributed by atoms with Crippen LogP contribution in [0.1, 0.15) is 25.7 Å². The van der Waals surface area contributed by atoms with Crippen molar-refractivity contribution in [1.82, 2.24) is 5.32 Å². The first-order valence-electron chi connectivity index (χ1n) is 4.79. The highest BCUT2D eigenvalue weighted by Crippen LogP contribution is 2.31. The predicted octanol–water partition coefficient (Wildman–Crippen LogP) is 1.48. The zero-order chi connectivity index (χ0) is 8.39. The normalized spacial score (nSPS) is 34.5. The summed E-state index contributed by atoms with van der Waals surface area (Å²) in [4.78, 5) is 10.6. The van der Waals surface area contributed by atoms with Crippen molar-refractivity contribution in [3.63, 3.8) is 0 Å². The molecule has 2 heteroatoms. The Bertz CT molecular complexity index is 210. The average Bonchev–Trinajstić information content (AvgIpc) is 2.17. The first kappa shape index (κ1) is 7.84. The molecule has 66 valence electrons. The molecule has 2 rings (SSSR count). The van der Waals surface area contributed by atoms with Gasteiger partial charge in [-0.15, -0.1) is 0 Å². The molecule has 0 aromatic rings. The Morgan fingerprint density at radius 2 is 2.50 bits per heavy atom. The van der Waals surface area contributed by atoms with Crippen LogP contribution in [-0.4, -0.2) is 12.8 Å². The maximum atomic E-state index is 10.6. The summed E-state index contributed by atoms with van der Waals surface area (Å²) in [6.07, 6.45) is 7.87. The van der Waals surface area contributed by atoms with E-state index in [-0.39, 0.29) is 0 Å². The minimum absolute atomic E-state index is 0.290. The quantitative estimate of drug-likeness (QED) is 0.596. The third-order valence-electron chi connectivity index (χ3n) is 2.92. The van der Waals surface area contributed by atoms with Gasteiger partial charge in [0, 0.05) is 18.2 Å². The number of hydrogen-bond donors (Lipinski definition) is 1. The Balaban J connectivity index is 2.07. The second kappa shape index (κ2) is 3.30. The van der Waals surface area contributed by atoms with Crippen LogP contribution in [0.4, 0.5) is 0 Å². The molecule has 2 unspecified atom stereocenters. The number of nitrogens with one attached hydrogen (secondary N) is 1. The summed E-state index contributed by atoms with van der Waals surface area (Å²) in [5, 5.41) is 3.41. The Labute approximate surface area is 73.0 Å². The van der Waals surface area contributed by atoms with E-state index in [9.17, 15) is 4.79 Å². The van der Waals surface area contributed by atoms with Crippen molar-refractivity contribution < 1.29 is 4.79 Å². The fourth-order valence-electron chi connectivity index (χ4n) is 2.22. The molecule has 2 atom stereocenters. The van der Waals surface area contributed by atoms with Gasteiger partial charge in [-0.25, -0.2) is 0 Å². The first-order chi connectivity index (χ1) is 5.90. The topological polar surface area (TPSA) is 29.1 Å². The third-order valence-corrected chi connectivity index (χ3v) is 2.92. The van der Waals surface area contributed by atoms with Crippen molar-refractivity contribution in [2.75, 3.05) is 6.54 Å². The van der Waals surface area contributed by atoms with Crippen molar-refractivity contribution in [3.05, 3.63) is 11.8 Å². The number of piperidine rings is 1. The monoisotopic (exact) mass is 165 g/mol. The van der Waals surface area contributed by atoms with Gasteiger partial charge in [0.05, 0.1) is 0 Å². The number of carbonyl (C=O) groups excluding carboxylic acids is 1. The minimum Gasteiger partial charge on any atom is -0.388 e. The lowest BCUT2D eigenvalue weighted by molar-refractivity contribution is -0.111. The summed E-state index contributed by atoms with van der Waals surface area (Å²) in [5.41, 5.74) is 1.40. The van der Waals surface area contributed by atoms with E-state index in [1.165, 1.54) is 18.5 Å². The maximum Gasteiger partial charge on any atom is 0.123 e. The highest BCUT2D eigenvalue weighted by molar-refractivity contribution is 5.54. The molecule has 0 radical (unpaired) electrons. The van der Waals surface area contributed by atoms with Crippen molar-refractivity contribution in [2.45, 2.75) is 25.7 Å². The van der Waals surface area contributed by atoms with Gasteiger partial charge in [-0.05, 0) is 31.6 Å². The SMILES string of the molecule is O=CC1CC=C2NCCCC2C1. The molecule has 1 heterocycles. The number of allylic oxidation sites excluding steroid dienone is 2. The minimum atomic E-state index is 0.290. The molecule has 0 spiro atoms. The molecule has 2 nitrogen and oxygen atoms in total. The molecular weight excluding hydrogens is 150 g/mol. The van der Waals surface area contributed by atoms with Gasteiger partial charge < -0.3 is 10.1 Å². The lowest BCUT2D eigenvalue weighted by Crippen LogP contribution is -2.31. The molecule has 1 N–H and O–H groups in total. The Morgan fingerprint density at radius 1 is 1.58 bits per heavy atom. The van der Waals surface area contributed by atoms with E-state index in [0.717, 1.165) is 25.7 Å². The van der Waals surface area contributed by atoms with Crippen LogP contribution in [0.15, 0.2) is 11.8 Å². The highest BCUT2D eigenvalue weighted by Gasteiger charge is 2.25. The second-order valence-corrected chi connectivity index (χ2v) is 3.79. The molecule has 1 fully saturated rings. The van der Waals surface area contributed by atoms with Crippen LogP contribution in [0.25, 0.3) is 0 Å². The summed E-state index contributed by atoms with van der Waals surface area (Å²) >= 11 is 0. The first-order valence-corrected chi connectivity index (χ1v) is 4.79. The zero-order valence-corrected chi connectivity index (χ0v) is 7.25. The molecule has 0 aromatic heterocycles. The molecule has 1 aliphatic carbocycles. The van der Waals surface area contributed by atoms with Gasteiger partial charge in [0.15, 0.2) is 0 Å². The summed E-state index contributed by atoms with van der Waals surface area (Å²) in [5.74, 6) is 0.946. The summed E-state index contributed by atoms with van der Waals surface area (Å²) < 4.78 is 0. The fraction of sp³-hybridized carbons (Fsp3) is 0.700. The van der Waals surface area contributed by atoms with Crippen molar-refractivity contribution in [1.29, 1.82) is 0 Å². The molecule has 0 bridgehead atoms. The van der Waals surface area contributed by atoms with Gasteiger partial charge in [-0.1, -0.05) is 6.08 Å². The molecule has 2 aliphatic rings. The van der Waals surface area contributed by atoms with Gasteiger partial charge in [-0.2, -0.15) is 0 Å². The number of carbonyl (C=O) groups is 1. The van der Waals surface area contributed by atoms with Crippen molar-refractivity contribution >= 4 is 6.29 Å². The number of rotatable bonds is 1. The van der Waals surface area contributed by atoms with Crippen LogP contribution < -0.4 is 5.32 Å². The summed E-state index contributed by atoms with van der Waals surface area (Å²) in [6, 6.07) is 0. The maximum absolute atomic E-state index is 10.6. The Hall–Kier alpha value is -0.790. The molecular formula is C10H15NO. The summed E-state index contributed by atoms with van der Waals surface area (Å²) in [6.45, 7) is 1.12. The standard InChI is InChI=1S/C10H15NO/c12-7-8-3-4-10-9(6-8)2-1-5-11-10/h4,7-9,11H,1-3,5-6H2. The summed E-state index contributed by atoms with van der Waals surface area (Å²) in [7, 11) is 0. The van der Waals surface area contributed by atoms with E-state index in [0.29, 0.717) is 11.8 Å². The van der Waals surface area contributed by atoms with Gasteiger partial charge >= 0.3 is 0 Å². The van der Waals surface area contributed by atoms with Gasteiger partial charge in [-0.3, -0.25) is 0 Å². The molecule has 0 aromatic carbocycles. The van der Waals surface area contributed by atoms with Crippen LogP contribution >= 0.6 is 0 Å². The van der Waals surface area contributed by atoms with E-state index >= 15 is 0 Å². The Morgan fingerprint density at radius 3 is 3.33 bits per heavy atom. The molecule has 0 amide bonds. The third kappa shape index (κ3) is 1.38. The van der Waals surface area contributed by atoms with Gasteiger partial charge in [0.2, 0.25) is 0 Å². The van der Waals surface area contributed by atoms with Gasteiger partial charge in [0.1, 0.15) is 6.29 Å². The molecule has 12 heavy (non-hydrogen) atoms. The fourth-order valence-corrected chi connectivity index (χ4v) is 2.22. The molecule has 1 saturated heterocycles. The highest BCUT2D eigenvalue weighted by atomic mass is 16.1. The largest absolute Gasteiger partial charge is 0.388 e. The second-order valence-electron chi connectivity index (χ2n) is 3.79. The van der Waals surface area contributed by atoms with Gasteiger partial charge in [0.25, 0.3) is 0 Å². The zero-order valence-electron chi connectivity index (χ0n) is 7.25. The van der Waals surface area contributed by atoms with E-state index in [2.05, 4.69) is 11.4 Å². The van der Waals surface area contributed by atoms with Crippen molar-refractivity contribution in [3.8, 4) is 0 Å². The van der Waals surface area contributed by atoms with Crippen molar-refractivity contribution in [2.24, 2.45) is 11.8 Å². The number of fused-ring (bicyclic) bond motifs is 1.